The predicted octanol–water partition coefficient (Wildman–Crippen LogP) is 3.74. The Morgan fingerprint density at radius 1 is 1.15 bits per heavy atom. The number of nitrogens with one attached hydrogen (secondary N) is 3. The Hall–Kier alpha value is -3.60. The zero-order chi connectivity index (χ0) is 25.3. The number of carbonyl (C=O) groups excluding carboxylic acids is 3. The molecule has 3 amide bonds. The van der Waals surface area contributed by atoms with Crippen LogP contribution < -0.4 is 20.8 Å². The van der Waals surface area contributed by atoms with E-state index in [1.165, 1.54) is 36.5 Å². The van der Waals surface area contributed by atoms with E-state index in [-0.39, 0.29) is 23.0 Å². The third-order valence-corrected chi connectivity index (χ3v) is 4.61. The largest absolute Gasteiger partial charge is 0.483 e. The molecule has 0 bridgehead atoms. The molecule has 0 fully saturated rings. The molecule has 0 spiro atoms. The van der Waals surface area contributed by atoms with Gasteiger partial charge in [-0.15, -0.1) is 0 Å². The highest BCUT2D eigenvalue weighted by molar-refractivity contribution is 6.35. The molecule has 0 heterocycles. The number of hydrogen-bond donors (Lipinski definition) is 3. The maximum Gasteiger partial charge on any atom is 0.416 e. The van der Waals surface area contributed by atoms with Crippen LogP contribution in [0.2, 0.25) is 5.02 Å². The molecule has 0 aliphatic heterocycles. The van der Waals surface area contributed by atoms with Crippen LogP contribution in [-0.4, -0.2) is 36.6 Å². The molecule has 2 rings (SSSR count). The van der Waals surface area contributed by atoms with E-state index in [0.717, 1.165) is 12.1 Å². The summed E-state index contributed by atoms with van der Waals surface area (Å²) in [6.45, 7) is 3.07. The molecule has 2 aromatic rings. The van der Waals surface area contributed by atoms with Gasteiger partial charge in [-0.25, -0.2) is 5.43 Å². The highest BCUT2D eigenvalue weighted by Crippen LogP contribution is 2.30. The first-order valence-electron chi connectivity index (χ1n) is 10.0. The van der Waals surface area contributed by atoms with Gasteiger partial charge >= 0.3 is 18.0 Å². The van der Waals surface area contributed by atoms with Crippen molar-refractivity contribution < 1.29 is 32.3 Å². The number of amides is 3. The molecule has 0 saturated carbocycles. The maximum atomic E-state index is 12.8. The van der Waals surface area contributed by atoms with Crippen molar-refractivity contribution in [2.24, 2.45) is 5.10 Å². The smallest absolute Gasteiger partial charge is 0.416 e. The Bertz CT molecular complexity index is 1080. The highest BCUT2D eigenvalue weighted by Gasteiger charge is 2.30. The van der Waals surface area contributed by atoms with E-state index in [9.17, 15) is 27.6 Å². The fourth-order valence-electron chi connectivity index (χ4n) is 2.47. The normalized spacial score (nSPS) is 12.2. The standard InChI is InChI=1S/C22H22ClF3N4O4/c1-3-13(2)28-20(32)21(33)30-27-11-14-9-16(23)7-8-18(14)34-12-19(31)29-17-6-4-5-15(10-17)22(24,25)26/h4-11,13H,3,12H2,1-2H3,(H,28,32)(H,29,31)(H,30,33)/b27-11-/t13-/m1/s1. The maximum absolute atomic E-state index is 12.8. The molecule has 0 unspecified atom stereocenters. The van der Waals surface area contributed by atoms with E-state index >= 15 is 0 Å². The second kappa shape index (κ2) is 12.0. The van der Waals surface area contributed by atoms with E-state index in [4.69, 9.17) is 16.3 Å². The summed E-state index contributed by atoms with van der Waals surface area (Å²) < 4.78 is 43.9. The summed E-state index contributed by atoms with van der Waals surface area (Å²) in [5.74, 6) is -2.36. The molecule has 0 aliphatic rings. The van der Waals surface area contributed by atoms with Crippen LogP contribution in [0.25, 0.3) is 0 Å². The van der Waals surface area contributed by atoms with Gasteiger partial charge in [-0.1, -0.05) is 24.6 Å². The van der Waals surface area contributed by atoms with Crippen LogP contribution >= 0.6 is 11.6 Å². The first-order valence-corrected chi connectivity index (χ1v) is 10.4. The van der Waals surface area contributed by atoms with Crippen LogP contribution in [0.15, 0.2) is 47.6 Å². The predicted molar refractivity (Wildman–Crippen MR) is 121 cm³/mol. The van der Waals surface area contributed by atoms with Crippen molar-refractivity contribution in [3.8, 4) is 5.75 Å². The van der Waals surface area contributed by atoms with Gasteiger partial charge in [-0.3, -0.25) is 14.4 Å². The Morgan fingerprint density at radius 3 is 2.56 bits per heavy atom. The van der Waals surface area contributed by atoms with Crippen LogP contribution in [0, 0.1) is 0 Å². The van der Waals surface area contributed by atoms with Gasteiger partial charge < -0.3 is 15.4 Å². The summed E-state index contributed by atoms with van der Waals surface area (Å²) in [6.07, 6.45) is -2.73. The first-order chi connectivity index (χ1) is 16.0. The molecule has 0 radical (unpaired) electrons. The molecule has 2 aromatic carbocycles. The van der Waals surface area contributed by atoms with Crippen molar-refractivity contribution in [1.29, 1.82) is 0 Å². The zero-order valence-corrected chi connectivity index (χ0v) is 19.0. The van der Waals surface area contributed by atoms with Crippen LogP contribution in [0.1, 0.15) is 31.4 Å². The van der Waals surface area contributed by atoms with Crippen LogP contribution in [0.5, 0.6) is 5.75 Å². The van der Waals surface area contributed by atoms with Crippen molar-refractivity contribution in [3.05, 3.63) is 58.6 Å². The summed E-state index contributed by atoms with van der Waals surface area (Å²) in [4.78, 5) is 35.7. The van der Waals surface area contributed by atoms with E-state index in [0.29, 0.717) is 11.4 Å². The lowest BCUT2D eigenvalue weighted by Crippen LogP contribution is -2.41. The first kappa shape index (κ1) is 26.7. The van der Waals surface area contributed by atoms with E-state index < -0.39 is 36.1 Å². The monoisotopic (exact) mass is 498 g/mol. The lowest BCUT2D eigenvalue weighted by Gasteiger charge is -2.12. The number of alkyl halides is 3. The average molecular weight is 499 g/mol. The Labute approximate surface area is 198 Å². The Morgan fingerprint density at radius 2 is 1.88 bits per heavy atom. The van der Waals surface area contributed by atoms with Gasteiger partial charge in [0, 0.05) is 22.3 Å². The number of hydrogen-bond acceptors (Lipinski definition) is 5. The summed E-state index contributed by atoms with van der Waals surface area (Å²) in [5, 5.41) is 8.81. The SMILES string of the molecule is CC[C@@H](C)NC(=O)C(=O)N/N=C\c1cc(Cl)ccc1OCC(=O)Nc1cccc(C(F)(F)F)c1. The van der Waals surface area contributed by atoms with Gasteiger partial charge in [0.25, 0.3) is 5.91 Å². The Balaban J connectivity index is 1.99. The molecule has 34 heavy (non-hydrogen) atoms. The zero-order valence-electron chi connectivity index (χ0n) is 18.2. The van der Waals surface area contributed by atoms with Crippen molar-refractivity contribution in [2.75, 3.05) is 11.9 Å². The number of nitrogens with zero attached hydrogens (tertiary/aromatic N) is 1. The number of halogens is 4. The lowest BCUT2D eigenvalue weighted by molar-refractivity contribution is -0.139. The fraction of sp³-hybridized carbons (Fsp3) is 0.273. The van der Waals surface area contributed by atoms with Gasteiger partial charge in [-0.2, -0.15) is 18.3 Å². The van der Waals surface area contributed by atoms with Gasteiger partial charge in [0.2, 0.25) is 0 Å². The number of ether oxygens (including phenoxy) is 1. The molecule has 12 heteroatoms. The number of hydrazone groups is 1. The molecule has 182 valence electrons. The molecule has 0 aromatic heterocycles. The summed E-state index contributed by atoms with van der Waals surface area (Å²) in [7, 11) is 0. The second-order valence-electron chi connectivity index (χ2n) is 7.08. The van der Waals surface area contributed by atoms with Gasteiger partial charge in [0.05, 0.1) is 11.8 Å². The van der Waals surface area contributed by atoms with Crippen LogP contribution in [0.3, 0.4) is 0 Å². The molecular weight excluding hydrogens is 477 g/mol. The highest BCUT2D eigenvalue weighted by atomic mass is 35.5. The van der Waals surface area contributed by atoms with Crippen molar-refractivity contribution in [1.82, 2.24) is 10.7 Å². The van der Waals surface area contributed by atoms with Crippen molar-refractivity contribution in [2.45, 2.75) is 32.5 Å². The molecule has 0 aliphatic carbocycles. The number of benzene rings is 2. The summed E-state index contributed by atoms with van der Waals surface area (Å²) in [5.41, 5.74) is 1.41. The quantitative estimate of drug-likeness (QED) is 0.292. The number of rotatable bonds is 8. The molecular formula is C22H22ClF3N4O4. The average Bonchev–Trinajstić information content (AvgIpc) is 2.77. The van der Waals surface area contributed by atoms with Gasteiger partial charge in [0.1, 0.15) is 5.75 Å². The van der Waals surface area contributed by atoms with Crippen molar-refractivity contribution in [3.63, 3.8) is 0 Å². The minimum atomic E-state index is -4.54. The molecule has 0 saturated heterocycles. The molecule has 1 atom stereocenters. The number of carbonyl (C=O) groups is 3. The molecule has 8 nitrogen and oxygen atoms in total. The summed E-state index contributed by atoms with van der Waals surface area (Å²) >= 11 is 5.96. The van der Waals surface area contributed by atoms with E-state index in [1.54, 1.807) is 6.92 Å². The molecule has 3 N–H and O–H groups in total. The lowest BCUT2D eigenvalue weighted by atomic mass is 10.2. The minimum Gasteiger partial charge on any atom is -0.483 e. The van der Waals surface area contributed by atoms with Gasteiger partial charge in [0.15, 0.2) is 6.61 Å². The van der Waals surface area contributed by atoms with Crippen LogP contribution in [0.4, 0.5) is 18.9 Å². The minimum absolute atomic E-state index is 0.0419. The third-order valence-electron chi connectivity index (χ3n) is 4.37. The summed E-state index contributed by atoms with van der Waals surface area (Å²) in [6, 6.07) is 8.36. The second-order valence-corrected chi connectivity index (χ2v) is 7.52. The van der Waals surface area contributed by atoms with E-state index in [1.807, 2.05) is 6.92 Å². The van der Waals surface area contributed by atoms with Gasteiger partial charge in [-0.05, 0) is 49.7 Å². The number of anilines is 1. The fourth-order valence-corrected chi connectivity index (χ4v) is 2.65. The Kier molecular flexibility index (Phi) is 9.43. The topological polar surface area (TPSA) is 109 Å². The van der Waals surface area contributed by atoms with Crippen molar-refractivity contribution >= 4 is 41.2 Å². The third kappa shape index (κ3) is 8.39. The van der Waals surface area contributed by atoms with E-state index in [2.05, 4.69) is 21.2 Å². The van der Waals surface area contributed by atoms with Crippen LogP contribution in [-0.2, 0) is 20.6 Å².